The van der Waals surface area contributed by atoms with E-state index in [2.05, 4.69) is 244 Å². The normalized spacial score (nSPS) is 12.2. The molecule has 10 aromatic rings. The molecule has 1 unspecified atom stereocenters. The summed E-state index contributed by atoms with van der Waals surface area (Å²) in [6.45, 7) is 4.84. The number of rotatable bonds is 9. The standard InChI is InChI=1S/C56H48N2P2/c1-39-31-40-19-11-12-20-41(40)32-50(39)57(2)52-34-43-22-14-17-25-46(43)37-55(52)60(4,49-29-9-6-10-30-49)56-38-47-26-18-15-23-44(47)35-53(56)58(3)51-33-42-21-13-16-24-45(42)36-54(51)59-48-27-7-5-8-28-48/h5-38,59-60H,1-4H3. The Kier molecular flexibility index (Phi) is 9.93. The van der Waals surface area contributed by atoms with Gasteiger partial charge in [0.25, 0.3) is 0 Å². The van der Waals surface area contributed by atoms with E-state index in [4.69, 9.17) is 0 Å². The molecule has 4 heteroatoms. The van der Waals surface area contributed by atoms with Crippen molar-refractivity contribution in [2.75, 3.05) is 30.6 Å². The number of benzene rings is 10. The van der Waals surface area contributed by atoms with Gasteiger partial charge >= 0.3 is 358 Å². The fraction of sp³-hybridized carbons (Fsp3) is 0.0714. The Morgan fingerprint density at radius 3 is 1.20 bits per heavy atom. The zero-order valence-corrected chi connectivity index (χ0v) is 36.5. The number of aryl methyl sites for hydroxylation is 1. The molecule has 0 heterocycles. The van der Waals surface area contributed by atoms with Crippen molar-refractivity contribution in [1.82, 2.24) is 0 Å². The van der Waals surface area contributed by atoms with Gasteiger partial charge in [0.2, 0.25) is 0 Å². The van der Waals surface area contributed by atoms with Crippen LogP contribution in [0.4, 0.5) is 22.7 Å². The molecular weight excluding hydrogens is 763 g/mol. The minimum absolute atomic E-state index is 0.509. The zero-order chi connectivity index (χ0) is 40.8. The summed E-state index contributed by atoms with van der Waals surface area (Å²) >= 11 is 0. The van der Waals surface area contributed by atoms with Gasteiger partial charge in [-0.25, -0.2) is 0 Å². The van der Waals surface area contributed by atoms with E-state index in [0.717, 1.165) is 0 Å². The summed E-state index contributed by atoms with van der Waals surface area (Å²) in [5.74, 6) is 0. The van der Waals surface area contributed by atoms with Gasteiger partial charge in [-0.2, -0.15) is 0 Å². The Labute approximate surface area is 355 Å². The molecule has 292 valence electrons. The van der Waals surface area contributed by atoms with Crippen molar-refractivity contribution in [3.8, 4) is 0 Å². The van der Waals surface area contributed by atoms with Crippen molar-refractivity contribution in [3.63, 3.8) is 0 Å². The summed E-state index contributed by atoms with van der Waals surface area (Å²) in [6.07, 6.45) is 0. The molecule has 10 aromatic carbocycles. The van der Waals surface area contributed by atoms with Crippen LogP contribution in [0.1, 0.15) is 5.56 Å². The Morgan fingerprint density at radius 1 is 0.367 bits per heavy atom. The van der Waals surface area contributed by atoms with Crippen molar-refractivity contribution >= 4 is 108 Å². The van der Waals surface area contributed by atoms with Gasteiger partial charge in [-0.05, 0) is 0 Å². The maximum atomic E-state index is 2.59. The number of nitrogens with zero attached hydrogens (tertiary/aromatic N) is 2. The average molecular weight is 811 g/mol. The molecule has 0 bridgehead atoms. The van der Waals surface area contributed by atoms with Crippen LogP contribution in [0.2, 0.25) is 0 Å². The molecule has 0 aliphatic heterocycles. The third-order valence-corrected chi connectivity index (χ3v) is 18.3. The van der Waals surface area contributed by atoms with Gasteiger partial charge in [0.15, 0.2) is 0 Å². The predicted molar refractivity (Wildman–Crippen MR) is 270 cm³/mol. The average Bonchev–Trinajstić information content (AvgIpc) is 3.30. The van der Waals surface area contributed by atoms with Crippen molar-refractivity contribution in [2.45, 2.75) is 6.92 Å². The SMILES string of the molecule is Cc1cc2ccccc2cc1N(C)c1cc2ccccc2cc1[PH](C)(c1ccccc1)c1cc2ccccc2cc1N(C)c1cc2ccccc2cc1Pc1ccccc1. The maximum absolute atomic E-state index is 2.89. The van der Waals surface area contributed by atoms with Gasteiger partial charge in [-0.3, -0.25) is 0 Å². The van der Waals surface area contributed by atoms with E-state index in [-0.39, 0.29) is 0 Å². The summed E-state index contributed by atoms with van der Waals surface area (Å²) in [5, 5.41) is 16.8. The van der Waals surface area contributed by atoms with Gasteiger partial charge < -0.3 is 0 Å². The van der Waals surface area contributed by atoms with E-state index in [1.165, 1.54) is 97.9 Å². The van der Waals surface area contributed by atoms with Gasteiger partial charge in [-0.1, -0.05) is 0 Å². The van der Waals surface area contributed by atoms with E-state index in [9.17, 15) is 0 Å². The van der Waals surface area contributed by atoms with Crippen LogP contribution < -0.4 is 36.3 Å². The van der Waals surface area contributed by atoms with E-state index in [1.807, 2.05) is 0 Å². The first-order valence-corrected chi connectivity index (χ1v) is 24.3. The molecule has 10 rings (SSSR count). The Balaban J connectivity index is 1.26. The molecule has 2 nitrogen and oxygen atoms in total. The molecule has 60 heavy (non-hydrogen) atoms. The predicted octanol–water partition coefficient (Wildman–Crippen LogP) is 12.4. The molecule has 0 aliphatic rings. The van der Waals surface area contributed by atoms with Crippen LogP contribution in [0.5, 0.6) is 0 Å². The molecule has 0 aromatic heterocycles. The van der Waals surface area contributed by atoms with E-state index in [0.29, 0.717) is 8.58 Å². The Bertz CT molecular complexity index is 3200. The number of hydrogen-bond donors (Lipinski definition) is 0. The van der Waals surface area contributed by atoms with Crippen LogP contribution in [0.25, 0.3) is 43.1 Å². The van der Waals surface area contributed by atoms with Gasteiger partial charge in [0, 0.05) is 0 Å². The Hall–Kier alpha value is -6.30. The van der Waals surface area contributed by atoms with Crippen molar-refractivity contribution < 1.29 is 0 Å². The molecule has 0 spiro atoms. The van der Waals surface area contributed by atoms with Crippen molar-refractivity contribution in [2.24, 2.45) is 0 Å². The fourth-order valence-electron chi connectivity index (χ4n) is 9.29. The van der Waals surface area contributed by atoms with Crippen LogP contribution in [-0.4, -0.2) is 20.8 Å². The van der Waals surface area contributed by atoms with Crippen LogP contribution in [-0.2, 0) is 0 Å². The van der Waals surface area contributed by atoms with Crippen LogP contribution in [0.3, 0.4) is 0 Å². The van der Waals surface area contributed by atoms with Crippen molar-refractivity contribution in [3.05, 3.63) is 212 Å². The zero-order valence-electron chi connectivity index (χ0n) is 34.5. The third-order valence-electron chi connectivity index (χ3n) is 12.6. The second-order valence-corrected chi connectivity index (χ2v) is 21.5. The first-order valence-electron chi connectivity index (χ1n) is 20.8. The van der Waals surface area contributed by atoms with Crippen molar-refractivity contribution in [1.29, 1.82) is 0 Å². The van der Waals surface area contributed by atoms with Crippen LogP contribution >= 0.6 is 15.8 Å². The molecule has 0 saturated carbocycles. The summed E-state index contributed by atoms with van der Waals surface area (Å²) in [6, 6.07) is 77.1. The molecule has 0 saturated heterocycles. The van der Waals surface area contributed by atoms with E-state index >= 15 is 0 Å². The first kappa shape index (κ1) is 37.9. The second-order valence-electron chi connectivity index (χ2n) is 16.2. The fourth-order valence-corrected chi connectivity index (χ4v) is 14.7. The van der Waals surface area contributed by atoms with Gasteiger partial charge in [-0.15, -0.1) is 0 Å². The molecule has 0 fully saturated rings. The Morgan fingerprint density at radius 2 is 0.717 bits per heavy atom. The van der Waals surface area contributed by atoms with Crippen LogP contribution in [0, 0.1) is 6.92 Å². The molecule has 1 atom stereocenters. The minimum atomic E-state index is -2.89. The monoisotopic (exact) mass is 810 g/mol. The third kappa shape index (κ3) is 6.81. The molecule has 0 N–H and O–H groups in total. The second kappa shape index (κ2) is 15.7. The van der Waals surface area contributed by atoms with Gasteiger partial charge in [0.05, 0.1) is 0 Å². The summed E-state index contributed by atoms with van der Waals surface area (Å²) < 4.78 is 0. The summed E-state index contributed by atoms with van der Waals surface area (Å²) in [5.41, 5.74) is 6.19. The van der Waals surface area contributed by atoms with Gasteiger partial charge in [0.1, 0.15) is 0 Å². The molecular formula is C56H48N2P2. The number of anilines is 4. The number of fused-ring (bicyclic) bond motifs is 4. The molecule has 0 aliphatic carbocycles. The number of hydrogen-bond acceptors (Lipinski definition) is 2. The topological polar surface area (TPSA) is 6.48 Å². The summed E-state index contributed by atoms with van der Waals surface area (Å²) in [4.78, 5) is 4.97. The first-order chi connectivity index (χ1) is 29.3. The van der Waals surface area contributed by atoms with E-state index in [1.54, 1.807) is 0 Å². The molecule has 0 radical (unpaired) electrons. The molecule has 0 amide bonds. The summed E-state index contributed by atoms with van der Waals surface area (Å²) in [7, 11) is 2.18. The van der Waals surface area contributed by atoms with E-state index < -0.39 is 7.26 Å². The quantitative estimate of drug-likeness (QED) is 0.134. The van der Waals surface area contributed by atoms with Crippen LogP contribution in [0.15, 0.2) is 206 Å².